The molecule has 1 aliphatic rings. The molecular weight excluding hydrogens is 391 g/mol. The number of fused-ring (bicyclic) bond motifs is 1. The Morgan fingerprint density at radius 2 is 1.23 bits per heavy atom. The van der Waals surface area contributed by atoms with Crippen molar-refractivity contribution in [1.82, 2.24) is 0 Å². The van der Waals surface area contributed by atoms with E-state index in [0.29, 0.717) is 5.66 Å². The highest BCUT2D eigenvalue weighted by Gasteiger charge is 2.33. The topological polar surface area (TPSA) is 0 Å². The Balaban J connectivity index is 1.81. The molecule has 4 aromatic rings. The number of aryl methyl sites for hydroxylation is 3. The Hall–Kier alpha value is -2.95. The van der Waals surface area contributed by atoms with Gasteiger partial charge < -0.3 is 0 Å². The fourth-order valence-corrected chi connectivity index (χ4v) is 8.07. The molecule has 1 aliphatic heterocycles. The molecule has 0 aromatic heterocycles. The minimum atomic E-state index is -0.572. The van der Waals surface area contributed by atoms with Crippen LogP contribution in [-0.2, 0) is 0 Å². The maximum absolute atomic E-state index is 2.59. The summed E-state index contributed by atoms with van der Waals surface area (Å²) < 4.78 is 0. The quantitative estimate of drug-likeness (QED) is 0.297. The Kier molecular flexibility index (Phi) is 5.34. The van der Waals surface area contributed by atoms with Crippen molar-refractivity contribution in [2.75, 3.05) is 0 Å². The van der Waals surface area contributed by atoms with Crippen LogP contribution in [-0.4, -0.2) is 0 Å². The minimum absolute atomic E-state index is 0.361. The molecule has 4 aromatic carbocycles. The van der Waals surface area contributed by atoms with Crippen molar-refractivity contribution in [2.45, 2.75) is 26.4 Å². The van der Waals surface area contributed by atoms with Gasteiger partial charge in [0, 0.05) is 5.66 Å². The van der Waals surface area contributed by atoms with Gasteiger partial charge in [-0.05, 0) is 78.8 Å². The summed E-state index contributed by atoms with van der Waals surface area (Å²) in [7, 11) is -0.572. The van der Waals surface area contributed by atoms with Crippen LogP contribution in [0.1, 0.15) is 44.6 Å². The smallest absolute Gasteiger partial charge is 0.0373 e. The maximum Gasteiger partial charge on any atom is 0.0373 e. The molecule has 0 amide bonds. The zero-order valence-electron chi connectivity index (χ0n) is 18.3. The predicted octanol–water partition coefficient (Wildman–Crippen LogP) is 7.91. The van der Waals surface area contributed by atoms with Crippen molar-refractivity contribution in [1.29, 1.82) is 0 Å². The van der Waals surface area contributed by atoms with Gasteiger partial charge in [-0.1, -0.05) is 103 Å². The van der Waals surface area contributed by atoms with E-state index in [2.05, 4.69) is 124 Å². The third kappa shape index (κ3) is 3.67. The molecule has 0 aliphatic carbocycles. The zero-order chi connectivity index (χ0) is 21.4. The molecule has 1 heterocycles. The van der Waals surface area contributed by atoms with Gasteiger partial charge in [0.25, 0.3) is 0 Å². The van der Waals surface area contributed by atoms with E-state index in [1.807, 2.05) is 0 Å². The molecule has 2 unspecified atom stereocenters. The lowest BCUT2D eigenvalue weighted by molar-refractivity contribution is 1.12. The maximum atomic E-state index is 2.59. The molecule has 2 atom stereocenters. The summed E-state index contributed by atoms with van der Waals surface area (Å²) in [5.41, 5.74) is 11.4. The minimum Gasteiger partial charge on any atom is -0.0622 e. The summed E-state index contributed by atoms with van der Waals surface area (Å²) >= 11 is 0. The Morgan fingerprint density at radius 3 is 1.90 bits per heavy atom. The van der Waals surface area contributed by atoms with Gasteiger partial charge in [-0.15, -0.1) is 0 Å². The van der Waals surface area contributed by atoms with Crippen molar-refractivity contribution < 1.29 is 0 Å². The zero-order valence-corrected chi connectivity index (χ0v) is 19.2. The van der Waals surface area contributed by atoms with E-state index < -0.39 is 7.92 Å². The van der Waals surface area contributed by atoms with Crippen LogP contribution in [0.3, 0.4) is 0 Å². The summed E-state index contributed by atoms with van der Waals surface area (Å²) in [5.74, 6) is 2.59. The first-order valence-electron chi connectivity index (χ1n) is 10.9. The van der Waals surface area contributed by atoms with Crippen LogP contribution in [0, 0.1) is 20.8 Å². The second-order valence-electron chi connectivity index (χ2n) is 8.46. The largest absolute Gasteiger partial charge is 0.0622 e. The van der Waals surface area contributed by atoms with Crippen LogP contribution in [0.2, 0.25) is 0 Å². The lowest BCUT2D eigenvalue weighted by Gasteiger charge is -2.35. The molecule has 0 N–H and O–H groups in total. The second-order valence-corrected chi connectivity index (χ2v) is 10.5. The third-order valence-corrected chi connectivity index (χ3v) is 9.08. The number of hydrogen-bond donors (Lipinski definition) is 0. The number of benzene rings is 4. The fourth-order valence-electron chi connectivity index (χ4n) is 5.01. The van der Waals surface area contributed by atoms with Gasteiger partial charge in [-0.3, -0.25) is 0 Å². The van der Waals surface area contributed by atoms with Gasteiger partial charge in [-0.2, -0.15) is 0 Å². The normalized spacial score (nSPS) is 17.7. The van der Waals surface area contributed by atoms with Crippen LogP contribution in [0.25, 0.3) is 5.57 Å². The summed E-state index contributed by atoms with van der Waals surface area (Å²) in [6.07, 6.45) is 0. The van der Waals surface area contributed by atoms with Crippen molar-refractivity contribution in [2.24, 2.45) is 0 Å². The Bertz CT molecular complexity index is 1230. The summed E-state index contributed by atoms with van der Waals surface area (Å²) in [5, 5.41) is 1.53. The van der Waals surface area contributed by atoms with Crippen molar-refractivity contribution >= 4 is 18.8 Å². The van der Waals surface area contributed by atoms with Gasteiger partial charge in [0.15, 0.2) is 0 Å². The van der Waals surface area contributed by atoms with Gasteiger partial charge in [0.1, 0.15) is 0 Å². The molecule has 0 spiro atoms. The highest BCUT2D eigenvalue weighted by atomic mass is 31.1. The van der Waals surface area contributed by atoms with Crippen LogP contribution in [0.15, 0.2) is 103 Å². The number of hydrogen-bond acceptors (Lipinski definition) is 0. The highest BCUT2D eigenvalue weighted by Crippen LogP contribution is 2.61. The molecule has 0 bridgehead atoms. The first-order valence-corrected chi connectivity index (χ1v) is 12.4. The molecule has 31 heavy (non-hydrogen) atoms. The van der Waals surface area contributed by atoms with E-state index in [0.717, 1.165) is 0 Å². The standard InChI is InChI=1S/C30H27P/c1-21-18-22(2)29(23(3)19-21)31-20-28(24-12-6-4-7-13-24)26-16-10-11-17-27(26)30(31)25-14-8-5-9-15-25/h4-20,30H,1-3H3. The van der Waals surface area contributed by atoms with Gasteiger partial charge in [0.05, 0.1) is 0 Å². The molecule has 0 radical (unpaired) electrons. The van der Waals surface area contributed by atoms with Crippen LogP contribution in [0.5, 0.6) is 0 Å². The summed E-state index contributed by atoms with van der Waals surface area (Å²) in [6.45, 7) is 6.78. The molecule has 5 rings (SSSR count). The number of rotatable bonds is 3. The van der Waals surface area contributed by atoms with Gasteiger partial charge >= 0.3 is 0 Å². The van der Waals surface area contributed by atoms with E-state index >= 15 is 0 Å². The molecule has 152 valence electrons. The monoisotopic (exact) mass is 418 g/mol. The van der Waals surface area contributed by atoms with E-state index in [9.17, 15) is 0 Å². The predicted molar refractivity (Wildman–Crippen MR) is 135 cm³/mol. The van der Waals surface area contributed by atoms with Gasteiger partial charge in [-0.25, -0.2) is 0 Å². The molecule has 0 saturated carbocycles. The second kappa shape index (κ2) is 8.29. The van der Waals surface area contributed by atoms with E-state index in [1.54, 1.807) is 0 Å². The highest BCUT2D eigenvalue weighted by molar-refractivity contribution is 7.69. The van der Waals surface area contributed by atoms with E-state index in [-0.39, 0.29) is 0 Å². The van der Waals surface area contributed by atoms with Crippen LogP contribution < -0.4 is 5.30 Å². The first-order chi connectivity index (χ1) is 15.1. The first kappa shape index (κ1) is 20.0. The summed E-state index contributed by atoms with van der Waals surface area (Å²) in [6, 6.07) is 35.7. The Labute approximate surface area is 187 Å². The SMILES string of the molecule is Cc1cc(C)c(P2C=C(c3ccccc3)c3ccccc3C2c2ccccc2)c(C)c1. The fraction of sp³-hybridized carbons (Fsp3) is 0.133. The average Bonchev–Trinajstić information content (AvgIpc) is 2.79. The third-order valence-electron chi connectivity index (χ3n) is 6.19. The lowest BCUT2D eigenvalue weighted by atomic mass is 9.91. The van der Waals surface area contributed by atoms with Gasteiger partial charge in [0.2, 0.25) is 0 Å². The molecule has 0 nitrogen and oxygen atoms in total. The molecular formula is C30H27P. The van der Waals surface area contributed by atoms with Crippen LogP contribution in [0.4, 0.5) is 0 Å². The van der Waals surface area contributed by atoms with Crippen molar-refractivity contribution in [3.8, 4) is 0 Å². The Morgan fingerprint density at radius 1 is 0.645 bits per heavy atom. The van der Waals surface area contributed by atoms with E-state index in [4.69, 9.17) is 0 Å². The lowest BCUT2D eigenvalue weighted by Crippen LogP contribution is -2.18. The summed E-state index contributed by atoms with van der Waals surface area (Å²) in [4.78, 5) is 0. The van der Waals surface area contributed by atoms with Crippen LogP contribution >= 0.6 is 7.92 Å². The average molecular weight is 419 g/mol. The molecule has 1 heteroatoms. The van der Waals surface area contributed by atoms with E-state index in [1.165, 1.54) is 49.8 Å². The van der Waals surface area contributed by atoms with Crippen molar-refractivity contribution in [3.05, 3.63) is 142 Å². The molecule has 0 fully saturated rings. The molecule has 0 saturated heterocycles. The van der Waals surface area contributed by atoms with Crippen molar-refractivity contribution in [3.63, 3.8) is 0 Å².